The zero-order valence-electron chi connectivity index (χ0n) is 13.1. The van der Waals surface area contributed by atoms with Crippen molar-refractivity contribution in [3.63, 3.8) is 0 Å². The van der Waals surface area contributed by atoms with Crippen LogP contribution in [0, 0.1) is 0 Å². The molecule has 1 aromatic rings. The molecule has 0 saturated carbocycles. The second-order valence-electron chi connectivity index (χ2n) is 5.68. The third-order valence-corrected chi connectivity index (χ3v) is 3.88. The summed E-state index contributed by atoms with van der Waals surface area (Å²) in [7, 11) is 0. The predicted molar refractivity (Wildman–Crippen MR) is 83.3 cm³/mol. The number of furan rings is 1. The number of amides is 3. The van der Waals surface area contributed by atoms with Crippen molar-refractivity contribution >= 4 is 11.9 Å². The number of hydrogen-bond donors (Lipinski definition) is 2. The number of rotatable bonds is 6. The largest absolute Gasteiger partial charge is 0.467 e. The Kier molecular flexibility index (Phi) is 6.30. The van der Waals surface area contributed by atoms with Gasteiger partial charge >= 0.3 is 6.03 Å². The van der Waals surface area contributed by atoms with Crippen LogP contribution in [-0.4, -0.2) is 36.5 Å². The molecule has 0 aromatic carbocycles. The molecule has 2 N–H and O–H groups in total. The quantitative estimate of drug-likeness (QED) is 0.793. The number of carbonyl (C=O) groups is 2. The van der Waals surface area contributed by atoms with Crippen LogP contribution in [0.15, 0.2) is 22.8 Å². The Morgan fingerprint density at radius 2 is 2.27 bits per heavy atom. The van der Waals surface area contributed by atoms with Gasteiger partial charge in [0, 0.05) is 26.1 Å². The highest BCUT2D eigenvalue weighted by molar-refractivity contribution is 5.76. The van der Waals surface area contributed by atoms with E-state index in [1.807, 2.05) is 17.9 Å². The molecule has 6 nitrogen and oxygen atoms in total. The van der Waals surface area contributed by atoms with Gasteiger partial charge in [-0.25, -0.2) is 4.79 Å². The van der Waals surface area contributed by atoms with E-state index in [-0.39, 0.29) is 18.0 Å². The van der Waals surface area contributed by atoms with E-state index in [0.29, 0.717) is 19.5 Å². The van der Waals surface area contributed by atoms with E-state index in [1.165, 1.54) is 0 Å². The normalized spacial score (nSPS) is 17.0. The predicted octanol–water partition coefficient (Wildman–Crippen LogP) is 2.43. The summed E-state index contributed by atoms with van der Waals surface area (Å²) in [4.78, 5) is 25.5. The summed E-state index contributed by atoms with van der Waals surface area (Å²) < 4.78 is 5.24. The molecule has 1 aliphatic rings. The first kappa shape index (κ1) is 16.4. The third kappa shape index (κ3) is 5.09. The highest BCUT2D eigenvalue weighted by Crippen LogP contribution is 2.12. The molecule has 0 aliphatic carbocycles. The average molecular weight is 307 g/mol. The zero-order valence-corrected chi connectivity index (χ0v) is 13.1. The second-order valence-corrected chi connectivity index (χ2v) is 5.68. The van der Waals surface area contributed by atoms with Gasteiger partial charge in [-0.05, 0) is 38.3 Å². The van der Waals surface area contributed by atoms with Gasteiger partial charge in [0.25, 0.3) is 0 Å². The highest BCUT2D eigenvalue weighted by atomic mass is 16.3. The number of hydrogen-bond acceptors (Lipinski definition) is 3. The number of likely N-dealkylation sites (tertiary alicyclic amines) is 1. The van der Waals surface area contributed by atoms with Crippen molar-refractivity contribution in [2.75, 3.05) is 19.6 Å². The topological polar surface area (TPSA) is 74.6 Å². The van der Waals surface area contributed by atoms with Gasteiger partial charge in [0.1, 0.15) is 5.76 Å². The van der Waals surface area contributed by atoms with Gasteiger partial charge in [0.15, 0.2) is 0 Å². The van der Waals surface area contributed by atoms with E-state index in [1.54, 1.807) is 12.3 Å². The monoisotopic (exact) mass is 307 g/mol. The molecule has 1 fully saturated rings. The van der Waals surface area contributed by atoms with Crippen LogP contribution in [-0.2, 0) is 4.79 Å². The van der Waals surface area contributed by atoms with Gasteiger partial charge in [0.05, 0.1) is 12.3 Å². The molecule has 2 rings (SSSR count). The molecule has 1 aromatic heterocycles. The summed E-state index contributed by atoms with van der Waals surface area (Å²) in [6.45, 7) is 3.99. The van der Waals surface area contributed by atoms with Crippen LogP contribution in [0.25, 0.3) is 0 Å². The van der Waals surface area contributed by atoms with Crippen LogP contribution in [0.1, 0.15) is 50.8 Å². The molecule has 1 saturated heterocycles. The Labute approximate surface area is 131 Å². The van der Waals surface area contributed by atoms with Gasteiger partial charge in [-0.3, -0.25) is 4.79 Å². The average Bonchev–Trinajstić information content (AvgIpc) is 2.95. The summed E-state index contributed by atoms with van der Waals surface area (Å²) in [5, 5.41) is 5.63. The Morgan fingerprint density at radius 1 is 1.41 bits per heavy atom. The van der Waals surface area contributed by atoms with Crippen molar-refractivity contribution in [1.29, 1.82) is 0 Å². The molecule has 22 heavy (non-hydrogen) atoms. The molecule has 1 aliphatic heterocycles. The number of nitrogens with one attached hydrogen (secondary N) is 2. The summed E-state index contributed by atoms with van der Waals surface area (Å²) >= 11 is 0. The van der Waals surface area contributed by atoms with Gasteiger partial charge in [-0.15, -0.1) is 0 Å². The molecule has 2 heterocycles. The van der Waals surface area contributed by atoms with Crippen LogP contribution in [0.3, 0.4) is 0 Å². The molecular formula is C16H25N3O3. The fourth-order valence-corrected chi connectivity index (χ4v) is 2.60. The fourth-order valence-electron chi connectivity index (χ4n) is 2.60. The van der Waals surface area contributed by atoms with E-state index in [9.17, 15) is 9.59 Å². The lowest BCUT2D eigenvalue weighted by atomic mass is 10.2. The minimum atomic E-state index is -0.217. The first-order chi connectivity index (χ1) is 10.7. The molecule has 0 radical (unpaired) electrons. The van der Waals surface area contributed by atoms with E-state index >= 15 is 0 Å². The molecule has 3 amide bonds. The molecule has 0 unspecified atom stereocenters. The molecule has 0 spiro atoms. The van der Waals surface area contributed by atoms with Crippen molar-refractivity contribution in [3.05, 3.63) is 24.2 Å². The van der Waals surface area contributed by atoms with Gasteiger partial charge in [-0.1, -0.05) is 6.42 Å². The minimum Gasteiger partial charge on any atom is -0.467 e. The highest BCUT2D eigenvalue weighted by Gasteiger charge is 2.16. The van der Waals surface area contributed by atoms with Gasteiger partial charge < -0.3 is 20.0 Å². The zero-order chi connectivity index (χ0) is 15.8. The van der Waals surface area contributed by atoms with Crippen molar-refractivity contribution in [2.45, 2.75) is 45.1 Å². The molecule has 1 atom stereocenters. The number of urea groups is 1. The summed E-state index contributed by atoms with van der Waals surface area (Å²) in [5.74, 6) is 0.971. The van der Waals surface area contributed by atoms with Crippen molar-refractivity contribution in [2.24, 2.45) is 0 Å². The fraction of sp³-hybridized carbons (Fsp3) is 0.625. The summed E-state index contributed by atoms with van der Waals surface area (Å²) in [6, 6.07) is 3.24. The van der Waals surface area contributed by atoms with Crippen molar-refractivity contribution < 1.29 is 14.0 Å². The summed E-state index contributed by atoms with van der Waals surface area (Å²) in [6.07, 6.45) is 6.24. The van der Waals surface area contributed by atoms with Crippen molar-refractivity contribution in [3.8, 4) is 0 Å². The van der Waals surface area contributed by atoms with Crippen LogP contribution >= 0.6 is 0 Å². The van der Waals surface area contributed by atoms with E-state index in [2.05, 4.69) is 10.6 Å². The van der Waals surface area contributed by atoms with E-state index in [4.69, 9.17) is 4.42 Å². The number of nitrogens with zero attached hydrogens (tertiary/aromatic N) is 1. The second kappa shape index (κ2) is 8.46. The Bertz CT molecular complexity index is 473. The molecule has 122 valence electrons. The van der Waals surface area contributed by atoms with Crippen LogP contribution < -0.4 is 10.6 Å². The van der Waals surface area contributed by atoms with Crippen LogP contribution in [0.4, 0.5) is 4.79 Å². The van der Waals surface area contributed by atoms with E-state index < -0.39 is 0 Å². The van der Waals surface area contributed by atoms with Gasteiger partial charge in [-0.2, -0.15) is 0 Å². The van der Waals surface area contributed by atoms with Crippen LogP contribution in [0.2, 0.25) is 0 Å². The maximum absolute atomic E-state index is 11.8. The smallest absolute Gasteiger partial charge is 0.315 e. The SMILES string of the molecule is C[C@@H](NC(=O)NCCCN1CCCCCC1=O)c1ccco1. The first-order valence-electron chi connectivity index (χ1n) is 8.02. The standard InChI is InChI=1S/C16H25N3O3/c1-13(14-7-5-12-22-14)18-16(21)17-9-6-11-19-10-4-2-3-8-15(19)20/h5,7,12-13H,2-4,6,8-11H2,1H3,(H2,17,18,21)/t13-/m1/s1. The Balaban J connectivity index is 1.61. The lowest BCUT2D eigenvalue weighted by molar-refractivity contribution is -0.130. The molecule has 0 bridgehead atoms. The number of carbonyl (C=O) groups excluding carboxylic acids is 2. The third-order valence-electron chi connectivity index (χ3n) is 3.88. The maximum atomic E-state index is 11.8. The molecule has 6 heteroatoms. The first-order valence-corrected chi connectivity index (χ1v) is 8.02. The Hall–Kier alpha value is -1.98. The van der Waals surface area contributed by atoms with Crippen LogP contribution in [0.5, 0.6) is 0 Å². The van der Waals surface area contributed by atoms with Gasteiger partial charge in [0.2, 0.25) is 5.91 Å². The lowest BCUT2D eigenvalue weighted by Crippen LogP contribution is -2.39. The minimum absolute atomic E-state index is 0.165. The lowest BCUT2D eigenvalue weighted by Gasteiger charge is -2.20. The molecular weight excluding hydrogens is 282 g/mol. The van der Waals surface area contributed by atoms with E-state index in [0.717, 1.165) is 38.0 Å². The Morgan fingerprint density at radius 3 is 3.05 bits per heavy atom. The van der Waals surface area contributed by atoms with Crippen molar-refractivity contribution in [1.82, 2.24) is 15.5 Å². The summed E-state index contributed by atoms with van der Waals surface area (Å²) in [5.41, 5.74) is 0. The maximum Gasteiger partial charge on any atom is 0.315 e.